The summed E-state index contributed by atoms with van der Waals surface area (Å²) >= 11 is 0. The van der Waals surface area contributed by atoms with E-state index in [-0.39, 0.29) is 76.4 Å². The minimum atomic E-state index is -0.427. The molecule has 1 atom stereocenters. The summed E-state index contributed by atoms with van der Waals surface area (Å²) in [4.78, 5) is 49.9. The van der Waals surface area contributed by atoms with E-state index in [4.69, 9.17) is 18.9 Å². The van der Waals surface area contributed by atoms with Crippen LogP contribution in [0.1, 0.15) is 272 Å². The molecule has 0 aromatic heterocycles. The van der Waals surface area contributed by atoms with Gasteiger partial charge in [-0.15, -0.1) is 0 Å². The van der Waals surface area contributed by atoms with E-state index in [0.29, 0.717) is 44.9 Å². The lowest BCUT2D eigenvalue weighted by atomic mass is 9.80. The number of unbranched alkanes of at least 4 members (excludes halogenated alkanes) is 9. The molecular formula is C58H108N4O10. The highest BCUT2D eigenvalue weighted by Gasteiger charge is 2.48. The molecule has 4 fully saturated rings. The average molecular weight is 1020 g/mol. The molecule has 14 heteroatoms. The van der Waals surface area contributed by atoms with E-state index < -0.39 is 22.2 Å². The van der Waals surface area contributed by atoms with Gasteiger partial charge in [0.25, 0.3) is 0 Å². The van der Waals surface area contributed by atoms with Gasteiger partial charge in [-0.2, -0.15) is 10.1 Å². The molecule has 0 amide bonds. The predicted molar refractivity (Wildman–Crippen MR) is 286 cm³/mol. The van der Waals surface area contributed by atoms with E-state index in [0.717, 1.165) is 109 Å². The highest BCUT2D eigenvalue weighted by Crippen LogP contribution is 2.40. The van der Waals surface area contributed by atoms with Crippen LogP contribution in [0.25, 0.3) is 0 Å². The molecule has 14 nitrogen and oxygen atoms in total. The van der Waals surface area contributed by atoms with Crippen molar-refractivity contribution in [3.8, 4) is 0 Å². The van der Waals surface area contributed by atoms with Crippen LogP contribution in [0.5, 0.6) is 0 Å². The fourth-order valence-corrected chi connectivity index (χ4v) is 13.1. The lowest BCUT2D eigenvalue weighted by Gasteiger charge is -2.50. The van der Waals surface area contributed by atoms with Crippen LogP contribution in [-0.2, 0) is 38.1 Å². The molecule has 0 radical (unpaired) electrons. The van der Waals surface area contributed by atoms with E-state index in [9.17, 15) is 29.6 Å². The molecule has 0 bridgehead atoms. The topological polar surface area (TPSA) is 176 Å². The van der Waals surface area contributed by atoms with E-state index in [1.807, 2.05) is 55.4 Å². The van der Waals surface area contributed by atoms with Crippen LogP contribution in [0.2, 0.25) is 0 Å². The quantitative estimate of drug-likeness (QED) is 0.0432. The van der Waals surface area contributed by atoms with Crippen molar-refractivity contribution in [2.24, 2.45) is 5.92 Å². The van der Waals surface area contributed by atoms with Gasteiger partial charge in [0, 0.05) is 115 Å². The molecule has 72 heavy (non-hydrogen) atoms. The average Bonchev–Trinajstić information content (AvgIpc) is 3.18. The Hall–Kier alpha value is -2.36. The Morgan fingerprint density at radius 1 is 0.417 bits per heavy atom. The molecule has 4 rings (SSSR count). The van der Waals surface area contributed by atoms with E-state index in [2.05, 4.69) is 72.9 Å². The summed E-state index contributed by atoms with van der Waals surface area (Å²) in [7, 11) is 0. The molecule has 4 N–H and O–H groups in total. The van der Waals surface area contributed by atoms with Crippen molar-refractivity contribution in [3.63, 3.8) is 0 Å². The Morgan fingerprint density at radius 3 is 0.958 bits per heavy atom. The fourth-order valence-electron chi connectivity index (χ4n) is 13.1. The number of nitrogens with zero attached hydrogens (tertiary/aromatic N) is 2. The smallest absolute Gasteiger partial charge is 0.309 e. The zero-order valence-corrected chi connectivity index (χ0v) is 48.9. The maximum Gasteiger partial charge on any atom is 0.309 e. The lowest BCUT2D eigenvalue weighted by Crippen LogP contribution is -2.60. The maximum absolute atomic E-state index is 12.9. The monoisotopic (exact) mass is 1020 g/mol. The number of carbonyl (C=O) groups excluding carboxylic acids is 4. The summed E-state index contributed by atoms with van der Waals surface area (Å²) in [6, 6.07) is 0. The summed E-state index contributed by atoms with van der Waals surface area (Å²) in [5.41, 5.74) is -1.80. The Balaban J connectivity index is 0.000000380. The minimum absolute atomic E-state index is 0.00324. The van der Waals surface area contributed by atoms with Crippen LogP contribution in [0.4, 0.5) is 0 Å². The van der Waals surface area contributed by atoms with Crippen LogP contribution in [0, 0.1) is 5.92 Å². The Labute approximate surface area is 438 Å². The van der Waals surface area contributed by atoms with Crippen molar-refractivity contribution in [2.45, 2.75) is 341 Å². The van der Waals surface area contributed by atoms with Gasteiger partial charge in [-0.25, -0.2) is 0 Å². The molecule has 0 aromatic carbocycles. The number of piperidine rings is 4. The van der Waals surface area contributed by atoms with Crippen LogP contribution >= 0.6 is 0 Å². The maximum atomic E-state index is 12.9. The molecule has 4 saturated heterocycles. The number of hydrogen-bond donors (Lipinski definition) is 4. The van der Waals surface area contributed by atoms with Gasteiger partial charge in [-0.3, -0.25) is 19.2 Å². The first-order chi connectivity index (χ1) is 33.0. The molecule has 4 heterocycles. The van der Waals surface area contributed by atoms with Crippen LogP contribution in [-0.4, -0.2) is 113 Å². The van der Waals surface area contributed by atoms with Crippen LogP contribution in [0.3, 0.4) is 0 Å². The number of carbonyl (C=O) groups is 4. The molecule has 1 unspecified atom stereocenters. The number of rotatable bonds is 23. The zero-order chi connectivity index (χ0) is 54.6. The lowest BCUT2D eigenvalue weighted by molar-refractivity contribution is -0.259. The number of hydrogen-bond acceptors (Lipinski definition) is 14. The molecule has 0 aliphatic carbocycles. The third-order valence-corrected chi connectivity index (χ3v) is 15.5. The van der Waals surface area contributed by atoms with Crippen LogP contribution < -0.4 is 10.6 Å². The van der Waals surface area contributed by atoms with Crippen molar-refractivity contribution >= 4 is 23.9 Å². The van der Waals surface area contributed by atoms with Crippen molar-refractivity contribution < 1.29 is 48.5 Å². The Morgan fingerprint density at radius 2 is 0.667 bits per heavy atom. The molecule has 4 aliphatic rings. The van der Waals surface area contributed by atoms with Crippen molar-refractivity contribution in [1.29, 1.82) is 0 Å². The number of nitrogens with one attached hydrogen (secondary N) is 2. The first-order valence-corrected chi connectivity index (χ1v) is 28.3. The van der Waals surface area contributed by atoms with Gasteiger partial charge in [0.1, 0.15) is 24.4 Å². The van der Waals surface area contributed by atoms with Crippen molar-refractivity contribution in [3.05, 3.63) is 0 Å². The van der Waals surface area contributed by atoms with Gasteiger partial charge < -0.3 is 40.0 Å². The number of hydroxylamine groups is 4. The molecule has 0 spiro atoms. The zero-order valence-electron chi connectivity index (χ0n) is 48.9. The second kappa shape index (κ2) is 26.6. The summed E-state index contributed by atoms with van der Waals surface area (Å²) in [5.74, 6) is -0.410. The standard InChI is InChI=1S/C30H56N2O4.C28H52N2O6/c1-10-22(26(34)36-24-20-29(6,7)32-30(8,9)21-24)16-14-12-11-13-15-17-25(33)35-23-18-27(2,3)31-28(4,5)19-23;1-25(2)17-21(18-26(3,4)29(25)33)35-23(31)15-13-11-9-10-12-14-16-24(32)36-22-19-27(5,6)30(34)28(7,8)20-22/h22-24,31-32H,10-21H2,1-9H3;21-22,33-34H,9-20H2,1-8H3. The van der Waals surface area contributed by atoms with Gasteiger partial charge in [0.05, 0.1) is 5.92 Å². The van der Waals surface area contributed by atoms with Gasteiger partial charge in [-0.05, 0) is 143 Å². The Bertz CT molecular complexity index is 1590. The van der Waals surface area contributed by atoms with E-state index in [1.54, 1.807) is 0 Å². The second-order valence-corrected chi connectivity index (χ2v) is 27.7. The SMILES string of the molecule is CC1(C)CC(OC(=O)CCCCCCCCC(=O)OC2CC(C)(C)N(O)C(C)(C)C2)CC(C)(C)N1O.CCC(CCCCCCCC(=O)OC1CC(C)(C)NC(C)(C)C1)C(=O)OC1CC(C)(C)NC(C)(C)C1. The largest absolute Gasteiger partial charge is 0.462 e. The molecule has 0 aromatic rings. The normalized spacial score (nSPS) is 24.3. The summed E-state index contributed by atoms with van der Waals surface area (Å²) in [6.07, 6.45) is 19.3. The number of esters is 4. The molecule has 0 saturated carbocycles. The van der Waals surface area contributed by atoms with Gasteiger partial charge in [0.2, 0.25) is 0 Å². The molecular weight excluding hydrogens is 913 g/mol. The predicted octanol–water partition coefficient (Wildman–Crippen LogP) is 12.5. The van der Waals surface area contributed by atoms with Crippen molar-refractivity contribution in [2.75, 3.05) is 0 Å². The summed E-state index contributed by atoms with van der Waals surface area (Å²) in [6.45, 7) is 35.2. The molecule has 4 aliphatic heterocycles. The van der Waals surface area contributed by atoms with Gasteiger partial charge >= 0.3 is 23.9 Å². The second-order valence-electron chi connectivity index (χ2n) is 27.7. The third-order valence-electron chi connectivity index (χ3n) is 15.5. The Kier molecular flexibility index (Phi) is 23.6. The highest BCUT2D eigenvalue weighted by molar-refractivity contribution is 5.72. The molecule has 420 valence electrons. The highest BCUT2D eigenvalue weighted by atomic mass is 16.6. The summed E-state index contributed by atoms with van der Waals surface area (Å²) < 4.78 is 23.3. The first kappa shape index (κ1) is 63.9. The minimum Gasteiger partial charge on any atom is -0.462 e. The summed E-state index contributed by atoms with van der Waals surface area (Å²) in [5, 5.41) is 30.8. The fraction of sp³-hybridized carbons (Fsp3) is 0.931. The van der Waals surface area contributed by atoms with Crippen LogP contribution in [0.15, 0.2) is 0 Å². The van der Waals surface area contributed by atoms with E-state index >= 15 is 0 Å². The first-order valence-electron chi connectivity index (χ1n) is 28.3. The van der Waals surface area contributed by atoms with Gasteiger partial charge in [0.15, 0.2) is 0 Å². The van der Waals surface area contributed by atoms with E-state index in [1.165, 1.54) is 10.1 Å². The number of ether oxygens (including phenoxy) is 4. The third kappa shape index (κ3) is 22.1. The van der Waals surface area contributed by atoms with Gasteiger partial charge in [-0.1, -0.05) is 58.3 Å². The van der Waals surface area contributed by atoms with Crippen molar-refractivity contribution in [1.82, 2.24) is 20.8 Å².